The smallest absolute Gasteiger partial charge is 0.184 e. The molecular weight excluding hydrogens is 306 g/mol. The topological polar surface area (TPSA) is 55.6 Å². The van der Waals surface area contributed by atoms with Gasteiger partial charge < -0.3 is 5.32 Å². The molecule has 1 N–H and O–H groups in total. The van der Waals surface area contributed by atoms with Crippen LogP contribution in [0.5, 0.6) is 0 Å². The van der Waals surface area contributed by atoms with E-state index in [-0.39, 0.29) is 6.04 Å². The Morgan fingerprint density at radius 3 is 2.65 bits per heavy atom. The lowest BCUT2D eigenvalue weighted by Crippen LogP contribution is -2.06. The Bertz CT molecular complexity index is 895. The lowest BCUT2D eigenvalue weighted by molar-refractivity contribution is 0.781. The van der Waals surface area contributed by atoms with Crippen LogP contribution in [0.25, 0.3) is 15.9 Å². The van der Waals surface area contributed by atoms with E-state index in [1.54, 1.807) is 16.0 Å². The summed E-state index contributed by atoms with van der Waals surface area (Å²) >= 11 is 1.65. The Balaban J connectivity index is 1.55. The van der Waals surface area contributed by atoms with Gasteiger partial charge in [0.15, 0.2) is 5.13 Å². The van der Waals surface area contributed by atoms with Gasteiger partial charge in [0.05, 0.1) is 28.1 Å². The third-order valence-corrected chi connectivity index (χ3v) is 4.58. The highest BCUT2D eigenvalue weighted by atomic mass is 32.1. The molecular formula is C17H15N5S. The first-order valence-corrected chi connectivity index (χ1v) is 8.21. The summed E-state index contributed by atoms with van der Waals surface area (Å²) in [6, 6.07) is 18.1. The van der Waals surface area contributed by atoms with Gasteiger partial charge in [0.25, 0.3) is 0 Å². The van der Waals surface area contributed by atoms with Gasteiger partial charge in [-0.15, -0.1) is 5.10 Å². The molecule has 23 heavy (non-hydrogen) atoms. The van der Waals surface area contributed by atoms with Gasteiger partial charge in [0.2, 0.25) is 0 Å². The molecule has 1 unspecified atom stereocenters. The molecule has 0 spiro atoms. The Kier molecular flexibility index (Phi) is 3.51. The minimum Gasteiger partial charge on any atom is -0.353 e. The van der Waals surface area contributed by atoms with Crippen LogP contribution in [0, 0.1) is 0 Å². The van der Waals surface area contributed by atoms with Crippen LogP contribution in [0.1, 0.15) is 18.7 Å². The molecule has 0 aliphatic rings. The zero-order chi connectivity index (χ0) is 15.6. The van der Waals surface area contributed by atoms with Crippen molar-refractivity contribution < 1.29 is 0 Å². The average Bonchev–Trinajstić information content (AvgIpc) is 3.22. The Morgan fingerprint density at radius 1 is 1.04 bits per heavy atom. The van der Waals surface area contributed by atoms with Crippen molar-refractivity contribution >= 4 is 26.7 Å². The molecule has 0 radical (unpaired) electrons. The zero-order valence-corrected chi connectivity index (χ0v) is 13.4. The first-order chi connectivity index (χ1) is 11.3. The summed E-state index contributed by atoms with van der Waals surface area (Å²) in [5, 5.41) is 12.8. The van der Waals surface area contributed by atoms with E-state index < -0.39 is 0 Å². The summed E-state index contributed by atoms with van der Waals surface area (Å²) in [7, 11) is 0. The number of aromatic nitrogens is 4. The van der Waals surface area contributed by atoms with Crippen molar-refractivity contribution in [1.82, 2.24) is 20.0 Å². The van der Waals surface area contributed by atoms with Crippen molar-refractivity contribution in [3.63, 3.8) is 0 Å². The van der Waals surface area contributed by atoms with Crippen molar-refractivity contribution in [3.05, 3.63) is 66.5 Å². The fourth-order valence-corrected chi connectivity index (χ4v) is 3.33. The fourth-order valence-electron chi connectivity index (χ4n) is 2.38. The van der Waals surface area contributed by atoms with Crippen LogP contribution in [0.3, 0.4) is 0 Å². The molecule has 0 amide bonds. The lowest BCUT2D eigenvalue weighted by Gasteiger charge is -2.08. The van der Waals surface area contributed by atoms with Crippen molar-refractivity contribution in [2.75, 3.05) is 5.32 Å². The second-order valence-electron chi connectivity index (χ2n) is 5.28. The summed E-state index contributed by atoms with van der Waals surface area (Å²) in [6.07, 6.45) is 1.94. The molecule has 6 heteroatoms. The molecule has 0 saturated carbocycles. The highest BCUT2D eigenvalue weighted by Gasteiger charge is 2.13. The second-order valence-corrected chi connectivity index (χ2v) is 6.31. The number of anilines is 1. The molecule has 2 aromatic carbocycles. The average molecular weight is 321 g/mol. The van der Waals surface area contributed by atoms with Crippen LogP contribution < -0.4 is 5.32 Å². The van der Waals surface area contributed by atoms with Crippen molar-refractivity contribution in [2.24, 2.45) is 0 Å². The predicted octanol–water partition coefficient (Wildman–Crippen LogP) is 4.05. The summed E-state index contributed by atoms with van der Waals surface area (Å²) in [5.74, 6) is 0. The van der Waals surface area contributed by atoms with E-state index in [0.717, 1.165) is 22.0 Å². The van der Waals surface area contributed by atoms with Crippen molar-refractivity contribution in [1.29, 1.82) is 0 Å². The number of rotatable bonds is 4. The van der Waals surface area contributed by atoms with Gasteiger partial charge in [0.1, 0.15) is 5.69 Å². The normalized spacial score (nSPS) is 12.4. The molecule has 0 fully saturated rings. The molecule has 0 aliphatic carbocycles. The number of thiazole rings is 1. The largest absolute Gasteiger partial charge is 0.353 e. The number of nitrogens with one attached hydrogen (secondary N) is 1. The number of benzene rings is 2. The fraction of sp³-hybridized carbons (Fsp3) is 0.118. The monoisotopic (exact) mass is 321 g/mol. The summed E-state index contributed by atoms with van der Waals surface area (Å²) in [4.78, 5) is 4.60. The quantitative estimate of drug-likeness (QED) is 0.616. The lowest BCUT2D eigenvalue weighted by atomic mass is 10.2. The van der Waals surface area contributed by atoms with Crippen LogP contribution in [0.15, 0.2) is 60.8 Å². The van der Waals surface area contributed by atoms with Gasteiger partial charge in [-0.1, -0.05) is 46.9 Å². The first-order valence-electron chi connectivity index (χ1n) is 7.39. The first kappa shape index (κ1) is 13.9. The number of hydrogen-bond donors (Lipinski definition) is 1. The zero-order valence-electron chi connectivity index (χ0n) is 12.5. The van der Waals surface area contributed by atoms with Crippen LogP contribution >= 0.6 is 11.3 Å². The molecule has 114 valence electrons. The van der Waals surface area contributed by atoms with Gasteiger partial charge in [-0.05, 0) is 31.2 Å². The molecule has 4 aromatic rings. The third kappa shape index (κ3) is 2.80. The minimum atomic E-state index is 0.0352. The summed E-state index contributed by atoms with van der Waals surface area (Å²) in [6.45, 7) is 2.06. The highest BCUT2D eigenvalue weighted by Crippen LogP contribution is 2.28. The highest BCUT2D eigenvalue weighted by molar-refractivity contribution is 7.22. The molecule has 1 atom stereocenters. The van der Waals surface area contributed by atoms with Crippen LogP contribution in [0.4, 0.5) is 5.13 Å². The molecule has 0 bridgehead atoms. The van der Waals surface area contributed by atoms with Crippen LogP contribution in [-0.4, -0.2) is 20.0 Å². The third-order valence-electron chi connectivity index (χ3n) is 3.61. The SMILES string of the molecule is CC(Nc1nc2ccccc2s1)c1cn(-c2ccccc2)nn1. The molecule has 5 nitrogen and oxygen atoms in total. The van der Waals surface area contributed by atoms with Gasteiger partial charge >= 0.3 is 0 Å². The summed E-state index contributed by atoms with van der Waals surface area (Å²) in [5.41, 5.74) is 2.90. The molecule has 0 saturated heterocycles. The Labute approximate surface area is 137 Å². The van der Waals surface area contributed by atoms with E-state index >= 15 is 0 Å². The molecule has 0 aliphatic heterocycles. The van der Waals surface area contributed by atoms with Crippen LogP contribution in [-0.2, 0) is 0 Å². The van der Waals surface area contributed by atoms with Gasteiger partial charge in [-0.25, -0.2) is 9.67 Å². The standard InChI is InChI=1S/C17H15N5S/c1-12(18-17-19-14-9-5-6-10-16(14)23-17)15-11-22(21-20-15)13-7-3-2-4-8-13/h2-12H,1H3,(H,18,19). The number of hydrogen-bond acceptors (Lipinski definition) is 5. The van der Waals surface area contributed by atoms with E-state index in [1.807, 2.05) is 54.7 Å². The molecule has 2 aromatic heterocycles. The van der Waals surface area contributed by atoms with Crippen LogP contribution in [0.2, 0.25) is 0 Å². The minimum absolute atomic E-state index is 0.0352. The van der Waals surface area contributed by atoms with Crippen molar-refractivity contribution in [3.8, 4) is 5.69 Å². The van der Waals surface area contributed by atoms with E-state index in [0.29, 0.717) is 0 Å². The van der Waals surface area contributed by atoms with Crippen molar-refractivity contribution in [2.45, 2.75) is 13.0 Å². The Morgan fingerprint density at radius 2 is 1.83 bits per heavy atom. The Hall–Kier alpha value is -2.73. The van der Waals surface area contributed by atoms with Gasteiger partial charge in [-0.3, -0.25) is 0 Å². The van der Waals surface area contributed by atoms with E-state index in [4.69, 9.17) is 0 Å². The van der Waals surface area contributed by atoms with E-state index in [2.05, 4.69) is 33.6 Å². The van der Waals surface area contributed by atoms with E-state index in [9.17, 15) is 0 Å². The summed E-state index contributed by atoms with van der Waals surface area (Å²) < 4.78 is 2.96. The maximum Gasteiger partial charge on any atom is 0.184 e. The maximum atomic E-state index is 4.60. The van der Waals surface area contributed by atoms with Gasteiger partial charge in [0, 0.05) is 0 Å². The molecule has 2 heterocycles. The number of fused-ring (bicyclic) bond motifs is 1. The molecule has 4 rings (SSSR count). The number of para-hydroxylation sites is 2. The van der Waals surface area contributed by atoms with E-state index in [1.165, 1.54) is 4.70 Å². The predicted molar refractivity (Wildman–Crippen MR) is 93.0 cm³/mol. The van der Waals surface area contributed by atoms with Gasteiger partial charge in [-0.2, -0.15) is 0 Å². The maximum absolute atomic E-state index is 4.60. The second kappa shape index (κ2) is 5.81. The number of nitrogens with zero attached hydrogens (tertiary/aromatic N) is 4.